The summed E-state index contributed by atoms with van der Waals surface area (Å²) in [7, 11) is -2.40. The lowest BCUT2D eigenvalue weighted by Gasteiger charge is -2.19. The van der Waals surface area contributed by atoms with Crippen LogP contribution in [0.5, 0.6) is 17.2 Å². The second kappa shape index (κ2) is 8.47. The SMILES string of the molecule is COc1ccc(Nc2nc3ccccc3nc2NS(=O)(=O)c2ccc3c(c2)OCCO3)cc1. The number of ether oxygens (including phenoxy) is 3. The number of benzene rings is 3. The van der Waals surface area contributed by atoms with Gasteiger partial charge in [-0.2, -0.15) is 0 Å². The number of nitrogens with one attached hydrogen (secondary N) is 2. The Bertz CT molecular complexity index is 1420. The van der Waals surface area contributed by atoms with Crippen molar-refractivity contribution >= 4 is 38.4 Å². The third-order valence-electron chi connectivity index (χ3n) is 4.98. The molecule has 1 aromatic heterocycles. The Kier molecular flexibility index (Phi) is 5.35. The molecule has 1 aliphatic heterocycles. The van der Waals surface area contributed by atoms with Crippen LogP contribution in [0.15, 0.2) is 71.6 Å². The van der Waals surface area contributed by atoms with Crippen molar-refractivity contribution < 1.29 is 22.6 Å². The molecule has 33 heavy (non-hydrogen) atoms. The summed E-state index contributed by atoms with van der Waals surface area (Å²) in [6.07, 6.45) is 0. The van der Waals surface area contributed by atoms with E-state index in [9.17, 15) is 8.42 Å². The topological polar surface area (TPSA) is 112 Å². The van der Waals surface area contributed by atoms with Gasteiger partial charge < -0.3 is 19.5 Å². The van der Waals surface area contributed by atoms with Crippen LogP contribution in [0, 0.1) is 0 Å². The number of hydrogen-bond donors (Lipinski definition) is 2. The van der Waals surface area contributed by atoms with Gasteiger partial charge in [0.25, 0.3) is 10.0 Å². The van der Waals surface area contributed by atoms with Crippen LogP contribution >= 0.6 is 0 Å². The molecule has 1 aliphatic rings. The number of aromatic nitrogens is 2. The van der Waals surface area contributed by atoms with Crippen LogP contribution in [-0.4, -0.2) is 38.7 Å². The molecule has 9 nitrogen and oxygen atoms in total. The van der Waals surface area contributed by atoms with Crippen LogP contribution in [0.25, 0.3) is 11.0 Å². The van der Waals surface area contributed by atoms with Gasteiger partial charge in [-0.15, -0.1) is 0 Å². The van der Waals surface area contributed by atoms with E-state index in [1.807, 2.05) is 12.1 Å². The van der Waals surface area contributed by atoms with E-state index in [4.69, 9.17) is 14.2 Å². The molecule has 2 heterocycles. The molecule has 4 aromatic rings. The second-order valence-corrected chi connectivity index (χ2v) is 8.86. The Morgan fingerprint density at radius 2 is 1.52 bits per heavy atom. The first-order valence-electron chi connectivity index (χ1n) is 10.1. The van der Waals surface area contributed by atoms with Gasteiger partial charge in [-0.25, -0.2) is 18.4 Å². The van der Waals surface area contributed by atoms with E-state index < -0.39 is 10.0 Å². The van der Waals surface area contributed by atoms with Crippen LogP contribution in [0.2, 0.25) is 0 Å². The Morgan fingerprint density at radius 1 is 0.848 bits per heavy atom. The van der Waals surface area contributed by atoms with Crippen LogP contribution < -0.4 is 24.2 Å². The molecule has 5 rings (SSSR count). The summed E-state index contributed by atoms with van der Waals surface area (Å²) in [4.78, 5) is 9.12. The molecule has 0 aliphatic carbocycles. The summed E-state index contributed by atoms with van der Waals surface area (Å²) in [5, 5.41) is 3.14. The van der Waals surface area contributed by atoms with Crippen LogP contribution in [-0.2, 0) is 10.0 Å². The lowest BCUT2D eigenvalue weighted by atomic mass is 10.3. The maximum atomic E-state index is 13.2. The molecule has 2 N–H and O–H groups in total. The average molecular weight is 465 g/mol. The molecule has 0 amide bonds. The van der Waals surface area contributed by atoms with E-state index >= 15 is 0 Å². The normalized spacial score (nSPS) is 12.9. The maximum Gasteiger partial charge on any atom is 0.263 e. The van der Waals surface area contributed by atoms with E-state index in [0.29, 0.717) is 47.2 Å². The fourth-order valence-corrected chi connectivity index (χ4v) is 4.37. The number of hydrogen-bond acceptors (Lipinski definition) is 8. The highest BCUT2D eigenvalue weighted by Gasteiger charge is 2.22. The van der Waals surface area contributed by atoms with E-state index in [1.54, 1.807) is 49.6 Å². The van der Waals surface area contributed by atoms with Gasteiger partial charge in [0, 0.05) is 11.8 Å². The maximum absolute atomic E-state index is 13.2. The number of rotatable bonds is 6. The van der Waals surface area contributed by atoms with E-state index in [1.165, 1.54) is 12.1 Å². The largest absolute Gasteiger partial charge is 0.497 e. The summed E-state index contributed by atoms with van der Waals surface area (Å²) in [5.74, 6) is 1.92. The monoisotopic (exact) mass is 464 g/mol. The van der Waals surface area contributed by atoms with Gasteiger partial charge >= 0.3 is 0 Å². The molecule has 168 valence electrons. The van der Waals surface area contributed by atoms with Gasteiger partial charge in [0.15, 0.2) is 23.1 Å². The second-order valence-electron chi connectivity index (χ2n) is 7.17. The number of methoxy groups -OCH3 is 1. The smallest absolute Gasteiger partial charge is 0.263 e. The lowest BCUT2D eigenvalue weighted by Crippen LogP contribution is -2.18. The Hall–Kier alpha value is -4.05. The third kappa shape index (κ3) is 4.33. The first-order valence-corrected chi connectivity index (χ1v) is 11.6. The molecular formula is C23H20N4O5S. The van der Waals surface area contributed by atoms with Crippen molar-refractivity contribution in [3.05, 3.63) is 66.7 Å². The van der Waals surface area contributed by atoms with Gasteiger partial charge in [0.1, 0.15) is 19.0 Å². The van der Waals surface area contributed by atoms with Crippen LogP contribution in [0.1, 0.15) is 0 Å². The number of sulfonamides is 1. The average Bonchev–Trinajstić information content (AvgIpc) is 2.84. The lowest BCUT2D eigenvalue weighted by molar-refractivity contribution is 0.171. The molecule has 10 heteroatoms. The zero-order valence-corrected chi connectivity index (χ0v) is 18.4. The van der Waals surface area contributed by atoms with E-state index in [0.717, 1.165) is 0 Å². The van der Waals surface area contributed by atoms with Crippen molar-refractivity contribution in [1.29, 1.82) is 0 Å². The highest BCUT2D eigenvalue weighted by Crippen LogP contribution is 2.33. The van der Waals surface area contributed by atoms with Crippen LogP contribution in [0.3, 0.4) is 0 Å². The summed E-state index contributed by atoms with van der Waals surface area (Å²) in [5.41, 5.74) is 1.87. The van der Waals surface area contributed by atoms with Gasteiger partial charge in [0.2, 0.25) is 0 Å². The molecule has 0 unspecified atom stereocenters. The molecule has 0 fully saturated rings. The van der Waals surface area contributed by atoms with E-state index in [-0.39, 0.29) is 16.5 Å². The highest BCUT2D eigenvalue weighted by atomic mass is 32.2. The summed E-state index contributed by atoms with van der Waals surface area (Å²) < 4.78 is 45.1. The third-order valence-corrected chi connectivity index (χ3v) is 6.31. The van der Waals surface area contributed by atoms with Gasteiger partial charge in [0.05, 0.1) is 23.0 Å². The molecule has 0 saturated carbocycles. The quantitative estimate of drug-likeness (QED) is 0.441. The van der Waals surface area contributed by atoms with Crippen molar-refractivity contribution in [2.24, 2.45) is 0 Å². The van der Waals surface area contributed by atoms with Crippen molar-refractivity contribution in [3.63, 3.8) is 0 Å². The first kappa shape index (κ1) is 20.8. The van der Waals surface area contributed by atoms with Crippen LogP contribution in [0.4, 0.5) is 17.3 Å². The van der Waals surface area contributed by atoms with Crippen molar-refractivity contribution in [2.45, 2.75) is 4.90 Å². The summed E-state index contributed by atoms with van der Waals surface area (Å²) >= 11 is 0. The predicted molar refractivity (Wildman–Crippen MR) is 124 cm³/mol. The number of para-hydroxylation sites is 2. The van der Waals surface area contributed by atoms with Crippen molar-refractivity contribution in [3.8, 4) is 17.2 Å². The molecule has 0 bridgehead atoms. The minimum absolute atomic E-state index is 0.0251. The van der Waals surface area contributed by atoms with Gasteiger partial charge in [-0.3, -0.25) is 4.72 Å². The fraction of sp³-hybridized carbons (Fsp3) is 0.130. The fourth-order valence-electron chi connectivity index (χ4n) is 3.35. The van der Waals surface area contributed by atoms with Crippen molar-refractivity contribution in [1.82, 2.24) is 9.97 Å². The Balaban J connectivity index is 1.52. The minimum atomic E-state index is -3.99. The summed E-state index contributed by atoms with van der Waals surface area (Å²) in [6, 6.07) is 18.9. The van der Waals surface area contributed by atoms with Gasteiger partial charge in [-0.05, 0) is 48.5 Å². The molecular weight excluding hydrogens is 444 g/mol. The number of nitrogens with zero attached hydrogens (tertiary/aromatic N) is 2. The Morgan fingerprint density at radius 3 is 2.21 bits per heavy atom. The molecule has 3 aromatic carbocycles. The Labute approximate surface area is 190 Å². The molecule has 0 radical (unpaired) electrons. The van der Waals surface area contributed by atoms with Crippen molar-refractivity contribution in [2.75, 3.05) is 30.4 Å². The highest BCUT2D eigenvalue weighted by molar-refractivity contribution is 7.92. The predicted octanol–water partition coefficient (Wildman–Crippen LogP) is 3.95. The standard InChI is InChI=1S/C23H20N4O5S/c1-30-16-8-6-15(7-9-16)24-22-23(26-19-5-3-2-4-18(19)25-22)27-33(28,29)17-10-11-20-21(14-17)32-13-12-31-20/h2-11,14H,12-13H2,1H3,(H,24,25)(H,26,27). The summed E-state index contributed by atoms with van der Waals surface area (Å²) in [6.45, 7) is 0.778. The minimum Gasteiger partial charge on any atom is -0.497 e. The number of anilines is 3. The zero-order chi connectivity index (χ0) is 22.8. The molecule has 0 atom stereocenters. The molecule has 0 spiro atoms. The van der Waals surface area contributed by atoms with E-state index in [2.05, 4.69) is 20.0 Å². The number of fused-ring (bicyclic) bond motifs is 2. The molecule has 0 saturated heterocycles. The van der Waals surface area contributed by atoms with Gasteiger partial charge in [-0.1, -0.05) is 12.1 Å². The zero-order valence-electron chi connectivity index (χ0n) is 17.6. The first-order chi connectivity index (χ1) is 16.0.